The van der Waals surface area contributed by atoms with Gasteiger partial charge in [-0.2, -0.15) is 0 Å². The molecule has 0 radical (unpaired) electrons. The minimum Gasteiger partial charge on any atom is -0.481 e. The van der Waals surface area contributed by atoms with Crippen molar-refractivity contribution < 1.29 is 19.4 Å². The van der Waals surface area contributed by atoms with E-state index >= 15 is 0 Å². The standard InChI is InChI=1S/C32H50O4/c1-19(2)22-11-14-28(4)23(22)12-15-31(7)25(28)9-10-26-29(5)17-21(36-20(3)33)18-30(6,27(34)35)24(29)13-16-32(26,31)8/h21-26H,1,9-18H2,2-8H3,(H,34,35). The number of esters is 1. The topological polar surface area (TPSA) is 63.6 Å². The first-order valence-corrected chi connectivity index (χ1v) is 14.7. The third-order valence-electron chi connectivity index (χ3n) is 13.8. The van der Waals surface area contributed by atoms with E-state index in [0.717, 1.165) is 25.2 Å². The van der Waals surface area contributed by atoms with Crippen molar-refractivity contribution in [3.8, 4) is 0 Å². The molecule has 0 aromatic heterocycles. The van der Waals surface area contributed by atoms with Gasteiger partial charge in [-0.05, 0) is 123 Å². The van der Waals surface area contributed by atoms with E-state index in [-0.39, 0.29) is 34.2 Å². The number of hydrogen-bond acceptors (Lipinski definition) is 3. The minimum atomic E-state index is -0.851. The van der Waals surface area contributed by atoms with E-state index in [0.29, 0.717) is 29.6 Å². The van der Waals surface area contributed by atoms with E-state index in [1.807, 2.05) is 6.92 Å². The van der Waals surface area contributed by atoms with Crippen molar-refractivity contribution in [2.24, 2.45) is 56.7 Å². The first kappa shape index (κ1) is 26.3. The van der Waals surface area contributed by atoms with Gasteiger partial charge in [-0.1, -0.05) is 39.8 Å². The summed E-state index contributed by atoms with van der Waals surface area (Å²) in [6.07, 6.45) is 10.6. The van der Waals surface area contributed by atoms with Crippen LogP contribution >= 0.6 is 0 Å². The normalized spacial score (nSPS) is 53.9. The molecule has 0 aromatic rings. The molecule has 36 heavy (non-hydrogen) atoms. The van der Waals surface area contributed by atoms with Gasteiger partial charge in [0.1, 0.15) is 6.10 Å². The lowest BCUT2D eigenvalue weighted by molar-refractivity contribution is -0.252. The predicted octanol–water partition coefficient (Wildman–Crippen LogP) is 7.66. The summed E-state index contributed by atoms with van der Waals surface area (Å²) in [4.78, 5) is 24.7. The number of fused-ring (bicyclic) bond motifs is 7. The van der Waals surface area contributed by atoms with E-state index < -0.39 is 11.4 Å². The molecule has 4 heteroatoms. The quantitative estimate of drug-likeness (QED) is 0.320. The Morgan fingerprint density at radius 3 is 1.92 bits per heavy atom. The molecular formula is C32H50O4. The van der Waals surface area contributed by atoms with Crippen LogP contribution < -0.4 is 0 Å². The van der Waals surface area contributed by atoms with Gasteiger partial charge in [-0.25, -0.2) is 0 Å². The van der Waals surface area contributed by atoms with Gasteiger partial charge < -0.3 is 9.84 Å². The fourth-order valence-electron chi connectivity index (χ4n) is 12.2. The SMILES string of the molecule is C=C(C)C1CCC2(C)C1CCC1(C)C2CCC2C3(C)CC(OC(C)=O)CC(C)(C(=O)O)C3CCC21C. The second-order valence-electron chi connectivity index (χ2n) is 15.1. The molecule has 5 rings (SSSR count). The Bertz CT molecular complexity index is 971. The lowest BCUT2D eigenvalue weighted by atomic mass is 9.31. The summed E-state index contributed by atoms with van der Waals surface area (Å²) in [5.74, 6) is 1.73. The zero-order valence-electron chi connectivity index (χ0n) is 23.9. The van der Waals surface area contributed by atoms with Gasteiger partial charge in [0, 0.05) is 13.3 Å². The number of allylic oxidation sites excluding steroid dienone is 1. The van der Waals surface area contributed by atoms with Crippen LogP contribution in [0.25, 0.3) is 0 Å². The highest BCUT2D eigenvalue weighted by molar-refractivity contribution is 5.75. The van der Waals surface area contributed by atoms with Gasteiger partial charge in [0.15, 0.2) is 0 Å². The molecule has 0 amide bonds. The first-order chi connectivity index (χ1) is 16.6. The Morgan fingerprint density at radius 1 is 0.778 bits per heavy atom. The number of hydrogen-bond donors (Lipinski definition) is 1. The Kier molecular flexibility index (Phi) is 5.91. The summed E-state index contributed by atoms with van der Waals surface area (Å²) in [5, 5.41) is 10.5. The number of rotatable bonds is 3. The molecule has 5 saturated carbocycles. The number of ether oxygens (including phenoxy) is 1. The van der Waals surface area contributed by atoms with Crippen LogP contribution in [0.1, 0.15) is 113 Å². The second-order valence-corrected chi connectivity index (χ2v) is 15.1. The number of aliphatic carboxylic acids is 1. The molecule has 5 aliphatic carbocycles. The molecule has 0 bridgehead atoms. The van der Waals surface area contributed by atoms with Crippen LogP contribution in [0.3, 0.4) is 0 Å². The lowest BCUT2D eigenvalue weighted by Gasteiger charge is -2.73. The molecule has 0 aliphatic heterocycles. The molecule has 0 spiro atoms. The highest BCUT2D eigenvalue weighted by Crippen LogP contribution is 2.78. The van der Waals surface area contributed by atoms with E-state index in [1.165, 1.54) is 51.0 Å². The molecule has 5 aliphatic rings. The van der Waals surface area contributed by atoms with Gasteiger partial charge >= 0.3 is 11.9 Å². The van der Waals surface area contributed by atoms with Crippen molar-refractivity contribution in [1.82, 2.24) is 0 Å². The number of carboxylic acids is 1. The van der Waals surface area contributed by atoms with E-state index in [1.54, 1.807) is 0 Å². The van der Waals surface area contributed by atoms with Gasteiger partial charge in [-0.3, -0.25) is 9.59 Å². The zero-order chi connectivity index (χ0) is 26.5. The fraction of sp³-hybridized carbons (Fsp3) is 0.875. The fourth-order valence-corrected chi connectivity index (χ4v) is 12.2. The molecule has 0 heterocycles. The molecule has 0 saturated heterocycles. The largest absolute Gasteiger partial charge is 0.481 e. The number of carboxylic acid groups (broad SMARTS) is 1. The summed E-state index contributed by atoms with van der Waals surface area (Å²) in [6.45, 7) is 20.2. The summed E-state index contributed by atoms with van der Waals surface area (Å²) >= 11 is 0. The van der Waals surface area contributed by atoms with Crippen LogP contribution in [-0.4, -0.2) is 23.1 Å². The molecule has 1 N–H and O–H groups in total. The Labute approximate surface area is 219 Å². The van der Waals surface area contributed by atoms with Gasteiger partial charge in [-0.15, -0.1) is 0 Å². The molecule has 4 nitrogen and oxygen atoms in total. The van der Waals surface area contributed by atoms with Crippen molar-refractivity contribution in [2.75, 3.05) is 0 Å². The summed E-state index contributed by atoms with van der Waals surface area (Å²) in [7, 11) is 0. The average Bonchev–Trinajstić information content (AvgIpc) is 3.10. The summed E-state index contributed by atoms with van der Waals surface area (Å²) < 4.78 is 5.79. The monoisotopic (exact) mass is 498 g/mol. The van der Waals surface area contributed by atoms with E-state index in [2.05, 4.69) is 41.2 Å². The molecule has 0 aromatic carbocycles. The van der Waals surface area contributed by atoms with Crippen molar-refractivity contribution in [2.45, 2.75) is 119 Å². The van der Waals surface area contributed by atoms with Gasteiger partial charge in [0.05, 0.1) is 5.41 Å². The zero-order valence-corrected chi connectivity index (χ0v) is 23.9. The van der Waals surface area contributed by atoms with Crippen molar-refractivity contribution in [3.63, 3.8) is 0 Å². The first-order valence-electron chi connectivity index (χ1n) is 14.7. The third-order valence-corrected chi connectivity index (χ3v) is 13.8. The number of carbonyl (C=O) groups is 2. The van der Waals surface area contributed by atoms with E-state index in [9.17, 15) is 14.7 Å². The summed E-state index contributed by atoms with van der Waals surface area (Å²) in [5.41, 5.74) is 1.20. The maximum atomic E-state index is 12.7. The maximum absolute atomic E-state index is 12.7. The highest BCUT2D eigenvalue weighted by Gasteiger charge is 2.72. The van der Waals surface area contributed by atoms with Crippen molar-refractivity contribution in [3.05, 3.63) is 12.2 Å². The van der Waals surface area contributed by atoms with Crippen LogP contribution in [0, 0.1) is 56.7 Å². The highest BCUT2D eigenvalue weighted by atomic mass is 16.5. The molecule has 11 unspecified atom stereocenters. The Morgan fingerprint density at radius 2 is 1.36 bits per heavy atom. The van der Waals surface area contributed by atoms with E-state index in [4.69, 9.17) is 4.74 Å². The molecule has 202 valence electrons. The molecular weight excluding hydrogens is 448 g/mol. The third kappa shape index (κ3) is 3.24. The maximum Gasteiger partial charge on any atom is 0.309 e. The van der Waals surface area contributed by atoms with Crippen LogP contribution in [0.15, 0.2) is 12.2 Å². The lowest BCUT2D eigenvalue weighted by Crippen LogP contribution is -2.67. The molecule has 5 fully saturated rings. The van der Waals surface area contributed by atoms with Crippen LogP contribution in [0.5, 0.6) is 0 Å². The van der Waals surface area contributed by atoms with Crippen molar-refractivity contribution >= 4 is 11.9 Å². The second kappa shape index (κ2) is 8.09. The van der Waals surface area contributed by atoms with Gasteiger partial charge in [0.2, 0.25) is 0 Å². The predicted molar refractivity (Wildman–Crippen MR) is 142 cm³/mol. The Balaban J connectivity index is 1.54. The smallest absolute Gasteiger partial charge is 0.309 e. The Hall–Kier alpha value is -1.32. The van der Waals surface area contributed by atoms with Crippen LogP contribution in [0.2, 0.25) is 0 Å². The number of carbonyl (C=O) groups excluding carboxylic acids is 1. The van der Waals surface area contributed by atoms with Gasteiger partial charge in [0.25, 0.3) is 0 Å². The molecule has 11 atom stereocenters. The van der Waals surface area contributed by atoms with Crippen LogP contribution in [0.4, 0.5) is 0 Å². The minimum absolute atomic E-state index is 0.124. The average molecular weight is 499 g/mol. The van der Waals surface area contributed by atoms with Crippen LogP contribution in [-0.2, 0) is 14.3 Å². The summed E-state index contributed by atoms with van der Waals surface area (Å²) in [6, 6.07) is 0. The van der Waals surface area contributed by atoms with Crippen molar-refractivity contribution in [1.29, 1.82) is 0 Å².